The lowest BCUT2D eigenvalue weighted by Crippen LogP contribution is -2.09. The fraction of sp³-hybridized carbons (Fsp3) is 0.286. The molecule has 0 fully saturated rings. The number of anilines is 1. The summed E-state index contributed by atoms with van der Waals surface area (Å²) in [6, 6.07) is 7.39. The van der Waals surface area contributed by atoms with Crippen molar-refractivity contribution in [3.63, 3.8) is 0 Å². The van der Waals surface area contributed by atoms with Crippen molar-refractivity contribution in [2.45, 2.75) is 36.7 Å². The number of rotatable bonds is 4. The summed E-state index contributed by atoms with van der Waals surface area (Å²) in [5.41, 5.74) is 8.39. The molecule has 1 aromatic heterocycles. The number of hydrogen-bond acceptors (Lipinski definition) is 4. The Balaban J connectivity index is 2.27. The Kier molecular flexibility index (Phi) is 4.27. The van der Waals surface area contributed by atoms with Crippen LogP contribution in [-0.4, -0.2) is 9.97 Å². The molecule has 0 amide bonds. The minimum Gasteiger partial charge on any atom is -0.398 e. The number of aryl methyl sites for hydroxylation is 2. The maximum absolute atomic E-state index is 11.6. The predicted molar refractivity (Wildman–Crippen MR) is 78.6 cm³/mol. The lowest BCUT2D eigenvalue weighted by molar-refractivity contribution is 0.816. The molecule has 0 saturated heterocycles. The molecule has 1 aromatic carbocycles. The number of aromatic amines is 1. The molecule has 2 aromatic rings. The van der Waals surface area contributed by atoms with E-state index in [9.17, 15) is 4.79 Å². The van der Waals surface area contributed by atoms with Gasteiger partial charge < -0.3 is 10.7 Å². The van der Waals surface area contributed by atoms with Crippen LogP contribution >= 0.6 is 11.8 Å². The quantitative estimate of drug-likeness (QED) is 0.665. The number of aromatic nitrogens is 2. The van der Waals surface area contributed by atoms with E-state index in [-0.39, 0.29) is 5.56 Å². The molecule has 0 spiro atoms. The second-order valence-electron chi connectivity index (χ2n) is 4.41. The fourth-order valence-corrected chi connectivity index (χ4v) is 2.57. The molecule has 1 heterocycles. The normalized spacial score (nSPS) is 10.6. The van der Waals surface area contributed by atoms with Crippen LogP contribution in [0.25, 0.3) is 0 Å². The Morgan fingerprint density at radius 3 is 2.84 bits per heavy atom. The van der Waals surface area contributed by atoms with Gasteiger partial charge in [0.25, 0.3) is 5.56 Å². The number of nitrogen functional groups attached to an aromatic ring is 1. The zero-order valence-corrected chi connectivity index (χ0v) is 11.9. The molecule has 0 bridgehead atoms. The van der Waals surface area contributed by atoms with E-state index in [2.05, 4.69) is 16.9 Å². The Morgan fingerprint density at radius 2 is 2.16 bits per heavy atom. The maximum atomic E-state index is 11.6. The van der Waals surface area contributed by atoms with E-state index >= 15 is 0 Å². The number of nitrogens with two attached hydrogens (primary N) is 1. The first-order chi connectivity index (χ1) is 9.08. The van der Waals surface area contributed by atoms with Gasteiger partial charge in [0.2, 0.25) is 0 Å². The highest BCUT2D eigenvalue weighted by atomic mass is 32.2. The Labute approximate surface area is 116 Å². The molecule has 0 aliphatic rings. The van der Waals surface area contributed by atoms with Crippen LogP contribution in [0.3, 0.4) is 0 Å². The van der Waals surface area contributed by atoms with E-state index in [4.69, 9.17) is 5.73 Å². The van der Waals surface area contributed by atoms with Crippen molar-refractivity contribution in [2.24, 2.45) is 0 Å². The number of nitrogens with one attached hydrogen (secondary N) is 1. The van der Waals surface area contributed by atoms with Gasteiger partial charge in [-0.1, -0.05) is 31.2 Å². The zero-order chi connectivity index (χ0) is 13.8. The van der Waals surface area contributed by atoms with Crippen molar-refractivity contribution < 1.29 is 0 Å². The molecule has 5 heteroatoms. The third kappa shape index (κ3) is 3.61. The van der Waals surface area contributed by atoms with Gasteiger partial charge in [-0.25, -0.2) is 4.98 Å². The first kappa shape index (κ1) is 13.7. The molecular formula is C14H17N3OS. The van der Waals surface area contributed by atoms with Crippen LogP contribution in [0.5, 0.6) is 0 Å². The highest BCUT2D eigenvalue weighted by molar-refractivity contribution is 7.99. The molecule has 0 atom stereocenters. The topological polar surface area (TPSA) is 71.8 Å². The van der Waals surface area contributed by atoms with Crippen LogP contribution in [-0.2, 0) is 6.42 Å². The fourth-order valence-electron chi connectivity index (χ4n) is 1.71. The lowest BCUT2D eigenvalue weighted by atomic mass is 10.2. The van der Waals surface area contributed by atoms with Gasteiger partial charge in [0.15, 0.2) is 5.16 Å². The van der Waals surface area contributed by atoms with E-state index in [0.29, 0.717) is 5.16 Å². The van der Waals surface area contributed by atoms with Gasteiger partial charge in [-0.05, 0) is 31.0 Å². The number of hydrogen-bond donors (Lipinski definition) is 2. The van der Waals surface area contributed by atoms with Gasteiger partial charge in [0, 0.05) is 22.3 Å². The third-order valence-corrected chi connectivity index (χ3v) is 3.62. The van der Waals surface area contributed by atoms with Crippen LogP contribution < -0.4 is 11.3 Å². The standard InChI is InChI=1S/C14H17N3OS/c1-3-4-10-7-13(18)17-14(16-10)19-11-6-5-9(2)12(15)8-11/h5-8H,3-4,15H2,1-2H3,(H,16,17,18). The number of benzene rings is 1. The van der Waals surface area contributed by atoms with E-state index < -0.39 is 0 Å². The van der Waals surface area contributed by atoms with Crippen molar-refractivity contribution in [3.8, 4) is 0 Å². The smallest absolute Gasteiger partial charge is 0.251 e. The van der Waals surface area contributed by atoms with Crippen molar-refractivity contribution in [1.29, 1.82) is 0 Å². The monoisotopic (exact) mass is 275 g/mol. The molecule has 4 nitrogen and oxygen atoms in total. The van der Waals surface area contributed by atoms with Crippen molar-refractivity contribution in [2.75, 3.05) is 5.73 Å². The van der Waals surface area contributed by atoms with Crippen molar-refractivity contribution in [1.82, 2.24) is 9.97 Å². The summed E-state index contributed by atoms with van der Waals surface area (Å²) in [5.74, 6) is 0. The van der Waals surface area contributed by atoms with Gasteiger partial charge in [0.05, 0.1) is 0 Å². The highest BCUT2D eigenvalue weighted by Crippen LogP contribution is 2.27. The van der Waals surface area contributed by atoms with Gasteiger partial charge in [-0.2, -0.15) is 0 Å². The van der Waals surface area contributed by atoms with Gasteiger partial charge in [-0.15, -0.1) is 0 Å². The maximum Gasteiger partial charge on any atom is 0.251 e. The highest BCUT2D eigenvalue weighted by Gasteiger charge is 2.04. The molecule has 3 N–H and O–H groups in total. The second kappa shape index (κ2) is 5.93. The molecule has 0 radical (unpaired) electrons. The van der Waals surface area contributed by atoms with Crippen LogP contribution in [0.15, 0.2) is 39.1 Å². The van der Waals surface area contributed by atoms with Gasteiger partial charge in [0.1, 0.15) is 0 Å². The average molecular weight is 275 g/mol. The molecule has 19 heavy (non-hydrogen) atoms. The van der Waals surface area contributed by atoms with Crippen molar-refractivity contribution >= 4 is 17.4 Å². The average Bonchev–Trinajstić information content (AvgIpc) is 2.33. The Bertz CT molecular complexity index is 637. The largest absolute Gasteiger partial charge is 0.398 e. The molecule has 100 valence electrons. The summed E-state index contributed by atoms with van der Waals surface area (Å²) in [7, 11) is 0. The van der Waals surface area contributed by atoms with Crippen LogP contribution in [0.1, 0.15) is 24.6 Å². The van der Waals surface area contributed by atoms with Crippen LogP contribution in [0, 0.1) is 6.92 Å². The summed E-state index contributed by atoms with van der Waals surface area (Å²) >= 11 is 1.42. The first-order valence-corrected chi connectivity index (χ1v) is 7.04. The Hall–Kier alpha value is -1.75. The Morgan fingerprint density at radius 1 is 1.37 bits per heavy atom. The van der Waals surface area contributed by atoms with E-state index in [0.717, 1.165) is 34.7 Å². The molecule has 0 aliphatic carbocycles. The number of H-pyrrole nitrogens is 1. The molecular weight excluding hydrogens is 258 g/mol. The molecule has 0 saturated carbocycles. The van der Waals surface area contributed by atoms with Crippen LogP contribution in [0.4, 0.5) is 5.69 Å². The third-order valence-electron chi connectivity index (χ3n) is 2.74. The summed E-state index contributed by atoms with van der Waals surface area (Å²) in [6.07, 6.45) is 1.78. The van der Waals surface area contributed by atoms with E-state index in [1.165, 1.54) is 11.8 Å². The number of nitrogens with zero attached hydrogens (tertiary/aromatic N) is 1. The summed E-state index contributed by atoms with van der Waals surface area (Å²) in [6.45, 7) is 4.03. The van der Waals surface area contributed by atoms with Crippen molar-refractivity contribution in [3.05, 3.63) is 45.9 Å². The SMILES string of the molecule is CCCc1cc(=O)[nH]c(Sc2ccc(C)c(N)c2)n1. The summed E-state index contributed by atoms with van der Waals surface area (Å²) < 4.78 is 0. The second-order valence-corrected chi connectivity index (χ2v) is 5.47. The van der Waals surface area contributed by atoms with Crippen LogP contribution in [0.2, 0.25) is 0 Å². The minimum absolute atomic E-state index is 0.110. The van der Waals surface area contributed by atoms with E-state index in [1.54, 1.807) is 6.07 Å². The lowest BCUT2D eigenvalue weighted by Gasteiger charge is -2.05. The van der Waals surface area contributed by atoms with Gasteiger partial charge >= 0.3 is 0 Å². The predicted octanol–water partition coefficient (Wildman–Crippen LogP) is 2.76. The summed E-state index contributed by atoms with van der Waals surface area (Å²) in [5, 5.41) is 0.610. The molecule has 0 aliphatic heterocycles. The molecule has 2 rings (SSSR count). The first-order valence-electron chi connectivity index (χ1n) is 6.22. The van der Waals surface area contributed by atoms with Gasteiger partial charge in [-0.3, -0.25) is 4.79 Å². The molecule has 0 unspecified atom stereocenters. The van der Waals surface area contributed by atoms with E-state index in [1.807, 2.05) is 25.1 Å². The minimum atomic E-state index is -0.110. The zero-order valence-electron chi connectivity index (χ0n) is 11.1. The summed E-state index contributed by atoms with van der Waals surface area (Å²) in [4.78, 5) is 19.7.